The minimum absolute atomic E-state index is 0.0147. The van der Waals surface area contributed by atoms with Crippen LogP contribution in [0.1, 0.15) is 62.0 Å². The Kier molecular flexibility index (Phi) is 5.56. The first-order chi connectivity index (χ1) is 15.8. The van der Waals surface area contributed by atoms with E-state index in [9.17, 15) is 9.59 Å². The van der Waals surface area contributed by atoms with Crippen LogP contribution in [-0.2, 0) is 24.3 Å². The first kappa shape index (κ1) is 21.8. The minimum Gasteiger partial charge on any atom is -0.342 e. The predicted octanol–water partition coefficient (Wildman–Crippen LogP) is 2.73. The maximum atomic E-state index is 13.4. The summed E-state index contributed by atoms with van der Waals surface area (Å²) in [6.45, 7) is 9.64. The van der Waals surface area contributed by atoms with E-state index in [2.05, 4.69) is 15.0 Å². The molecule has 0 aromatic carbocycles. The normalized spacial score (nSPS) is 19.6. The average Bonchev–Trinajstić information content (AvgIpc) is 3.24. The molecule has 0 bridgehead atoms. The van der Waals surface area contributed by atoms with E-state index in [-0.39, 0.29) is 22.8 Å². The first-order valence-electron chi connectivity index (χ1n) is 11.8. The average molecular weight is 449 g/mol. The fraction of sp³-hybridized carbons (Fsp3) is 0.520. The molecule has 3 aromatic rings. The van der Waals surface area contributed by atoms with Crippen molar-refractivity contribution in [1.82, 2.24) is 29.4 Å². The van der Waals surface area contributed by atoms with Crippen LogP contribution in [-0.4, -0.2) is 54.9 Å². The second kappa shape index (κ2) is 8.41. The fourth-order valence-electron chi connectivity index (χ4n) is 5.04. The number of piperidine rings is 1. The molecule has 8 heteroatoms. The molecule has 5 heterocycles. The van der Waals surface area contributed by atoms with Crippen molar-refractivity contribution in [2.24, 2.45) is 5.41 Å². The van der Waals surface area contributed by atoms with Crippen LogP contribution in [0, 0.1) is 5.41 Å². The highest BCUT2D eigenvalue weighted by Crippen LogP contribution is 2.29. The van der Waals surface area contributed by atoms with Crippen LogP contribution in [0.2, 0.25) is 0 Å². The summed E-state index contributed by atoms with van der Waals surface area (Å²) in [6, 6.07) is 6.03. The van der Waals surface area contributed by atoms with E-state index in [4.69, 9.17) is 4.98 Å². The molecule has 1 fully saturated rings. The van der Waals surface area contributed by atoms with E-state index >= 15 is 0 Å². The highest BCUT2D eigenvalue weighted by atomic mass is 16.2. The van der Waals surface area contributed by atoms with Crippen molar-refractivity contribution in [2.45, 2.75) is 59.0 Å². The highest BCUT2D eigenvalue weighted by Gasteiger charge is 2.32. The third-order valence-electron chi connectivity index (χ3n) is 6.81. The van der Waals surface area contributed by atoms with Crippen molar-refractivity contribution in [3.05, 3.63) is 63.5 Å². The van der Waals surface area contributed by atoms with Crippen LogP contribution in [0.3, 0.4) is 0 Å². The quantitative estimate of drug-likeness (QED) is 0.666. The number of fused-ring (bicyclic) bond motifs is 2. The number of rotatable bonds is 3. The number of hydrogen-bond acceptors (Lipinski definition) is 5. The summed E-state index contributed by atoms with van der Waals surface area (Å²) in [6.07, 6.45) is 6.33. The summed E-state index contributed by atoms with van der Waals surface area (Å²) >= 11 is 0. The lowest BCUT2D eigenvalue weighted by atomic mass is 9.90. The van der Waals surface area contributed by atoms with Crippen LogP contribution in [0.4, 0.5) is 0 Å². The molecule has 8 nitrogen and oxygen atoms in total. The number of pyridine rings is 1. The van der Waals surface area contributed by atoms with Crippen molar-refractivity contribution in [2.75, 3.05) is 19.6 Å². The number of aromatic nitrogens is 4. The van der Waals surface area contributed by atoms with Crippen molar-refractivity contribution >= 4 is 11.6 Å². The molecule has 174 valence electrons. The molecule has 33 heavy (non-hydrogen) atoms. The molecule has 2 aliphatic rings. The Labute approximate surface area is 193 Å². The third kappa shape index (κ3) is 4.31. The van der Waals surface area contributed by atoms with E-state index in [1.54, 1.807) is 16.9 Å². The Hall–Kier alpha value is -3.00. The SMILES string of the molecule is CC(C)(C)C(=O)N1CCCC(c2cc3nc4c(c(=O)n3[nH]2)CN(Cc2ccncc2)CC4)C1. The van der Waals surface area contributed by atoms with Gasteiger partial charge in [0.2, 0.25) is 5.91 Å². The van der Waals surface area contributed by atoms with Crippen molar-refractivity contribution < 1.29 is 4.79 Å². The zero-order valence-corrected chi connectivity index (χ0v) is 19.7. The maximum absolute atomic E-state index is 13.4. The van der Waals surface area contributed by atoms with Crippen LogP contribution < -0.4 is 5.56 Å². The molecule has 2 aliphatic heterocycles. The summed E-state index contributed by atoms with van der Waals surface area (Å²) in [5.41, 5.74) is 4.13. The zero-order chi connectivity index (χ0) is 23.2. The molecule has 1 saturated heterocycles. The van der Waals surface area contributed by atoms with Crippen LogP contribution in [0.5, 0.6) is 0 Å². The molecule has 1 N–H and O–H groups in total. The van der Waals surface area contributed by atoms with E-state index in [0.29, 0.717) is 18.7 Å². The monoisotopic (exact) mass is 448 g/mol. The number of likely N-dealkylation sites (tertiary alicyclic amines) is 1. The molecule has 3 aromatic heterocycles. The molecule has 0 radical (unpaired) electrons. The van der Waals surface area contributed by atoms with Crippen LogP contribution in [0.15, 0.2) is 35.4 Å². The second-order valence-electron chi connectivity index (χ2n) is 10.4. The second-order valence-corrected chi connectivity index (χ2v) is 10.4. The number of nitrogens with zero attached hydrogens (tertiary/aromatic N) is 5. The lowest BCUT2D eigenvalue weighted by Gasteiger charge is -2.36. The molecular weight excluding hydrogens is 416 g/mol. The third-order valence-corrected chi connectivity index (χ3v) is 6.81. The van der Waals surface area contributed by atoms with Gasteiger partial charge in [0.1, 0.15) is 0 Å². The van der Waals surface area contributed by atoms with E-state index in [1.807, 2.05) is 43.9 Å². The van der Waals surface area contributed by atoms with Gasteiger partial charge in [-0.15, -0.1) is 0 Å². The molecule has 1 unspecified atom stereocenters. The molecule has 1 atom stereocenters. The Morgan fingerprint density at radius 2 is 2.00 bits per heavy atom. The Balaban J connectivity index is 1.39. The number of carbonyl (C=O) groups excluding carboxylic acids is 1. The Morgan fingerprint density at radius 3 is 2.76 bits per heavy atom. The van der Waals surface area contributed by atoms with Gasteiger partial charge in [-0.1, -0.05) is 20.8 Å². The Bertz CT molecular complexity index is 1220. The van der Waals surface area contributed by atoms with Gasteiger partial charge < -0.3 is 4.90 Å². The van der Waals surface area contributed by atoms with Crippen LogP contribution >= 0.6 is 0 Å². The smallest absolute Gasteiger partial charge is 0.277 e. The van der Waals surface area contributed by atoms with Gasteiger partial charge in [-0.3, -0.25) is 24.6 Å². The fourth-order valence-corrected chi connectivity index (χ4v) is 5.04. The molecule has 1 amide bonds. The van der Waals surface area contributed by atoms with E-state index < -0.39 is 0 Å². The lowest BCUT2D eigenvalue weighted by molar-refractivity contribution is -0.140. The molecular formula is C25H32N6O2. The molecule has 0 aliphatic carbocycles. The van der Waals surface area contributed by atoms with Crippen molar-refractivity contribution in [1.29, 1.82) is 0 Å². The maximum Gasteiger partial charge on any atom is 0.277 e. The first-order valence-corrected chi connectivity index (χ1v) is 11.8. The molecule has 0 saturated carbocycles. The highest BCUT2D eigenvalue weighted by molar-refractivity contribution is 5.81. The van der Waals surface area contributed by atoms with Gasteiger partial charge in [-0.05, 0) is 30.5 Å². The summed E-state index contributed by atoms with van der Waals surface area (Å²) in [4.78, 5) is 39.3. The van der Waals surface area contributed by atoms with Gasteiger partial charge in [0.15, 0.2) is 5.65 Å². The largest absolute Gasteiger partial charge is 0.342 e. The number of aromatic amines is 1. The summed E-state index contributed by atoms with van der Waals surface area (Å²) in [5, 5.41) is 3.32. The van der Waals surface area contributed by atoms with Gasteiger partial charge in [0.25, 0.3) is 5.56 Å². The topological polar surface area (TPSA) is 86.6 Å². The zero-order valence-electron chi connectivity index (χ0n) is 19.7. The number of nitrogens with one attached hydrogen (secondary N) is 1. The number of amides is 1. The van der Waals surface area contributed by atoms with Crippen molar-refractivity contribution in [3.63, 3.8) is 0 Å². The molecule has 5 rings (SSSR count). The molecule has 0 spiro atoms. The number of carbonyl (C=O) groups is 1. The number of H-pyrrole nitrogens is 1. The minimum atomic E-state index is -0.387. The summed E-state index contributed by atoms with van der Waals surface area (Å²) in [7, 11) is 0. The number of hydrogen-bond donors (Lipinski definition) is 1. The van der Waals surface area contributed by atoms with Gasteiger partial charge in [0, 0.05) is 74.6 Å². The lowest BCUT2D eigenvalue weighted by Crippen LogP contribution is -2.44. The van der Waals surface area contributed by atoms with E-state index in [1.165, 1.54) is 5.56 Å². The van der Waals surface area contributed by atoms with Gasteiger partial charge in [0.05, 0.1) is 11.3 Å². The van der Waals surface area contributed by atoms with Crippen molar-refractivity contribution in [3.8, 4) is 0 Å². The predicted molar refractivity (Wildman–Crippen MR) is 126 cm³/mol. The van der Waals surface area contributed by atoms with E-state index in [0.717, 1.165) is 55.8 Å². The standard InChI is InChI=1S/C25H32N6O2/c1-25(2,3)24(33)30-11-4-5-18(15-30)21-13-22-27-20-8-12-29(14-17-6-9-26-10-7-17)16-19(20)23(32)31(22)28-21/h6-7,9-10,13,18,28H,4-5,8,11-12,14-16H2,1-3H3. The van der Waals surface area contributed by atoms with Gasteiger partial charge in [-0.2, -0.15) is 0 Å². The van der Waals surface area contributed by atoms with Crippen LogP contribution in [0.25, 0.3) is 5.65 Å². The summed E-state index contributed by atoms with van der Waals surface area (Å²) < 4.78 is 1.59. The van der Waals surface area contributed by atoms with Gasteiger partial charge >= 0.3 is 0 Å². The van der Waals surface area contributed by atoms with Gasteiger partial charge in [-0.25, -0.2) is 9.50 Å². The Morgan fingerprint density at radius 1 is 1.21 bits per heavy atom. The summed E-state index contributed by atoms with van der Waals surface area (Å²) in [5.74, 6) is 0.370.